The SMILES string of the molecule is COc1ccc(NC(=O)C[C@H]2C(=O)N(C)C(=S)N2CCCN2CCN(c3ccc(OC)cc3)CC2)cc1. The van der Waals surface area contributed by atoms with Crippen molar-refractivity contribution in [3.63, 3.8) is 0 Å². The lowest BCUT2D eigenvalue weighted by molar-refractivity contribution is -0.130. The Balaban J connectivity index is 1.25. The molecule has 4 rings (SSSR count). The van der Waals surface area contributed by atoms with E-state index in [-0.39, 0.29) is 18.2 Å². The molecule has 2 heterocycles. The number of benzene rings is 2. The first kappa shape index (κ1) is 26.7. The average molecular weight is 526 g/mol. The Morgan fingerprint density at radius 3 is 2.14 bits per heavy atom. The Morgan fingerprint density at radius 2 is 1.54 bits per heavy atom. The first-order chi connectivity index (χ1) is 17.9. The van der Waals surface area contributed by atoms with Crippen molar-refractivity contribution in [1.29, 1.82) is 0 Å². The van der Waals surface area contributed by atoms with Crippen LogP contribution < -0.4 is 19.7 Å². The van der Waals surface area contributed by atoms with Crippen LogP contribution in [0.15, 0.2) is 48.5 Å². The Kier molecular flexibility index (Phi) is 8.83. The Labute approximate surface area is 223 Å². The number of carbonyl (C=O) groups is 2. The number of piperazine rings is 1. The van der Waals surface area contributed by atoms with Gasteiger partial charge in [-0.05, 0) is 73.7 Å². The van der Waals surface area contributed by atoms with Gasteiger partial charge in [0.25, 0.3) is 5.91 Å². The quantitative estimate of drug-likeness (QED) is 0.475. The molecule has 2 aromatic rings. The van der Waals surface area contributed by atoms with Gasteiger partial charge < -0.3 is 24.6 Å². The van der Waals surface area contributed by atoms with Crippen LogP contribution in [0.3, 0.4) is 0 Å². The maximum Gasteiger partial charge on any atom is 0.251 e. The molecule has 1 N–H and O–H groups in total. The Morgan fingerprint density at radius 1 is 0.946 bits per heavy atom. The van der Waals surface area contributed by atoms with Crippen molar-refractivity contribution in [3.8, 4) is 11.5 Å². The maximum atomic E-state index is 12.8. The molecule has 0 aliphatic carbocycles. The molecule has 198 valence electrons. The Hall–Kier alpha value is -3.37. The molecule has 0 unspecified atom stereocenters. The van der Waals surface area contributed by atoms with Gasteiger partial charge in [-0.1, -0.05) is 0 Å². The summed E-state index contributed by atoms with van der Waals surface area (Å²) < 4.78 is 10.4. The molecule has 2 saturated heterocycles. The van der Waals surface area contributed by atoms with Gasteiger partial charge in [0.1, 0.15) is 17.5 Å². The van der Waals surface area contributed by atoms with Crippen LogP contribution in [0.1, 0.15) is 12.8 Å². The number of carbonyl (C=O) groups excluding carboxylic acids is 2. The molecule has 1 atom stereocenters. The number of hydrogen-bond acceptors (Lipinski definition) is 7. The monoisotopic (exact) mass is 525 g/mol. The molecule has 2 amide bonds. The summed E-state index contributed by atoms with van der Waals surface area (Å²) in [6.07, 6.45) is 0.913. The molecule has 10 heteroatoms. The molecule has 9 nitrogen and oxygen atoms in total. The molecule has 0 saturated carbocycles. The van der Waals surface area contributed by atoms with Gasteiger partial charge in [0, 0.05) is 51.1 Å². The average Bonchev–Trinajstić information content (AvgIpc) is 3.12. The third-order valence-corrected chi connectivity index (χ3v) is 7.47. The number of likely N-dealkylation sites (N-methyl/N-ethyl adjacent to an activating group) is 1. The van der Waals surface area contributed by atoms with Crippen LogP contribution in [0.4, 0.5) is 11.4 Å². The molecule has 0 bridgehead atoms. The molecular weight excluding hydrogens is 490 g/mol. The minimum atomic E-state index is -0.581. The largest absolute Gasteiger partial charge is 0.497 e. The van der Waals surface area contributed by atoms with E-state index in [0.717, 1.165) is 44.9 Å². The second kappa shape index (κ2) is 12.2. The third-order valence-electron chi connectivity index (χ3n) is 6.96. The van der Waals surface area contributed by atoms with E-state index < -0.39 is 6.04 Å². The molecule has 37 heavy (non-hydrogen) atoms. The van der Waals surface area contributed by atoms with Gasteiger partial charge in [0.05, 0.1) is 20.6 Å². The van der Waals surface area contributed by atoms with Gasteiger partial charge >= 0.3 is 0 Å². The van der Waals surface area contributed by atoms with Crippen LogP contribution in [0.25, 0.3) is 0 Å². The first-order valence-corrected chi connectivity index (χ1v) is 12.9. The summed E-state index contributed by atoms with van der Waals surface area (Å²) >= 11 is 5.54. The van der Waals surface area contributed by atoms with Crippen molar-refractivity contribution in [2.75, 3.05) is 70.8 Å². The van der Waals surface area contributed by atoms with Crippen LogP contribution >= 0.6 is 12.2 Å². The summed E-state index contributed by atoms with van der Waals surface area (Å²) in [5.41, 5.74) is 1.87. The van der Waals surface area contributed by atoms with Crippen molar-refractivity contribution in [1.82, 2.24) is 14.7 Å². The molecular formula is C27H35N5O4S. The van der Waals surface area contributed by atoms with E-state index in [2.05, 4.69) is 27.2 Å². The lowest BCUT2D eigenvalue weighted by Crippen LogP contribution is -2.47. The molecule has 0 spiro atoms. The number of nitrogens with one attached hydrogen (secondary N) is 1. The van der Waals surface area contributed by atoms with Gasteiger partial charge in [-0.25, -0.2) is 0 Å². The number of methoxy groups -OCH3 is 2. The Bertz CT molecular complexity index is 1090. The van der Waals surface area contributed by atoms with Gasteiger partial charge in [0.2, 0.25) is 5.91 Å². The zero-order valence-electron chi connectivity index (χ0n) is 21.7. The number of anilines is 2. The fourth-order valence-corrected chi connectivity index (χ4v) is 5.08. The minimum Gasteiger partial charge on any atom is -0.497 e. The topological polar surface area (TPSA) is 77.6 Å². The van der Waals surface area contributed by atoms with Crippen LogP contribution in [-0.2, 0) is 9.59 Å². The van der Waals surface area contributed by atoms with Crippen LogP contribution in [-0.4, -0.2) is 98.2 Å². The molecule has 0 radical (unpaired) electrons. The molecule has 2 aliphatic rings. The molecule has 2 aliphatic heterocycles. The van der Waals surface area contributed by atoms with E-state index in [9.17, 15) is 9.59 Å². The highest BCUT2D eigenvalue weighted by Gasteiger charge is 2.41. The van der Waals surface area contributed by atoms with Crippen LogP contribution in [0, 0.1) is 0 Å². The number of ether oxygens (including phenoxy) is 2. The summed E-state index contributed by atoms with van der Waals surface area (Å²) in [5, 5.41) is 3.35. The summed E-state index contributed by atoms with van der Waals surface area (Å²) in [7, 11) is 4.95. The smallest absolute Gasteiger partial charge is 0.251 e. The van der Waals surface area contributed by atoms with E-state index in [0.29, 0.717) is 23.1 Å². The highest BCUT2D eigenvalue weighted by atomic mass is 32.1. The summed E-state index contributed by atoms with van der Waals surface area (Å²) in [6.45, 7) is 5.42. The van der Waals surface area contributed by atoms with Crippen LogP contribution in [0.5, 0.6) is 11.5 Å². The minimum absolute atomic E-state index is 0.0515. The molecule has 0 aromatic heterocycles. The second-order valence-electron chi connectivity index (χ2n) is 9.25. The van der Waals surface area contributed by atoms with Gasteiger partial charge in [-0.2, -0.15) is 0 Å². The van der Waals surface area contributed by atoms with Crippen molar-refractivity contribution in [2.24, 2.45) is 0 Å². The van der Waals surface area contributed by atoms with Gasteiger partial charge in [0.15, 0.2) is 5.11 Å². The predicted octanol–water partition coefficient (Wildman–Crippen LogP) is 2.67. The first-order valence-electron chi connectivity index (χ1n) is 12.5. The zero-order valence-corrected chi connectivity index (χ0v) is 22.5. The summed E-state index contributed by atoms with van der Waals surface area (Å²) in [5.74, 6) is 1.22. The van der Waals surface area contributed by atoms with Crippen molar-refractivity contribution in [3.05, 3.63) is 48.5 Å². The summed E-state index contributed by atoms with van der Waals surface area (Å²) in [6, 6.07) is 14.7. The van der Waals surface area contributed by atoms with Crippen LogP contribution in [0.2, 0.25) is 0 Å². The molecule has 2 fully saturated rings. The normalized spacial score (nSPS) is 18.4. The number of hydrogen-bond donors (Lipinski definition) is 1. The van der Waals surface area contributed by atoms with Crippen molar-refractivity contribution >= 4 is 40.5 Å². The lowest BCUT2D eigenvalue weighted by atomic mass is 10.1. The van der Waals surface area contributed by atoms with Gasteiger partial charge in [-0.15, -0.1) is 0 Å². The van der Waals surface area contributed by atoms with E-state index in [1.54, 1.807) is 45.5 Å². The van der Waals surface area contributed by atoms with Crippen molar-refractivity contribution < 1.29 is 19.1 Å². The predicted molar refractivity (Wildman–Crippen MR) is 148 cm³/mol. The number of rotatable bonds is 10. The lowest BCUT2D eigenvalue weighted by Gasteiger charge is -2.36. The van der Waals surface area contributed by atoms with E-state index in [1.165, 1.54) is 10.6 Å². The third kappa shape index (κ3) is 6.50. The van der Waals surface area contributed by atoms with E-state index in [1.807, 2.05) is 17.0 Å². The number of amides is 2. The molecule has 2 aromatic carbocycles. The fourth-order valence-electron chi connectivity index (χ4n) is 4.78. The van der Waals surface area contributed by atoms with Crippen molar-refractivity contribution in [2.45, 2.75) is 18.9 Å². The zero-order chi connectivity index (χ0) is 26.4. The fraction of sp³-hybridized carbons (Fsp3) is 0.444. The highest BCUT2D eigenvalue weighted by Crippen LogP contribution is 2.23. The highest BCUT2D eigenvalue weighted by molar-refractivity contribution is 7.80. The number of nitrogens with zero attached hydrogens (tertiary/aromatic N) is 4. The van der Waals surface area contributed by atoms with E-state index >= 15 is 0 Å². The van der Waals surface area contributed by atoms with Gasteiger partial charge in [-0.3, -0.25) is 19.4 Å². The number of thiocarbonyl (C=S) groups is 1. The standard InChI is InChI=1S/C27H35N5O4S/c1-29-26(34)24(19-25(33)28-20-5-9-22(35-2)10-6-20)32(27(29)37)14-4-13-30-15-17-31(18-16-30)21-7-11-23(36-3)12-8-21/h5-12,24H,4,13-19H2,1-3H3,(H,28,33)/t24-/m0/s1. The maximum absolute atomic E-state index is 12.8. The summed E-state index contributed by atoms with van der Waals surface area (Å²) in [4.78, 5) is 33.8. The second-order valence-corrected chi connectivity index (χ2v) is 9.62. The van der Waals surface area contributed by atoms with E-state index in [4.69, 9.17) is 21.7 Å².